The molecule has 3 aromatic rings. The van der Waals surface area contributed by atoms with Crippen molar-refractivity contribution in [3.05, 3.63) is 94.8 Å². The molecule has 6 nitrogen and oxygen atoms in total. The number of nitrogens with zero attached hydrogens (tertiary/aromatic N) is 1. The van der Waals surface area contributed by atoms with E-state index in [9.17, 15) is 19.1 Å². The van der Waals surface area contributed by atoms with Gasteiger partial charge in [-0.15, -0.1) is 0 Å². The molecule has 1 saturated heterocycles. The number of benzene rings is 3. The lowest BCUT2D eigenvalue weighted by atomic mass is 9.95. The standard InChI is InChI=1S/C26H22FNO5/c1-15-5-4-6-19(13-15)28-23(16-7-10-18(27)11-8-16)22(25(30)26(28)31)24(29)17-9-12-20(32-2)21(14-17)33-3/h4-14,23,29H,1-3H3/b24-22-. The first-order valence-corrected chi connectivity index (χ1v) is 10.2. The van der Waals surface area contributed by atoms with Crippen LogP contribution in [0.4, 0.5) is 10.1 Å². The Morgan fingerprint density at radius 3 is 2.27 bits per heavy atom. The zero-order chi connectivity index (χ0) is 23.7. The van der Waals surface area contributed by atoms with Gasteiger partial charge in [-0.3, -0.25) is 14.5 Å². The van der Waals surface area contributed by atoms with Gasteiger partial charge < -0.3 is 14.6 Å². The summed E-state index contributed by atoms with van der Waals surface area (Å²) < 4.78 is 24.2. The van der Waals surface area contributed by atoms with Crippen LogP contribution in [0.2, 0.25) is 0 Å². The molecule has 1 amide bonds. The van der Waals surface area contributed by atoms with E-state index in [0.29, 0.717) is 22.7 Å². The molecule has 1 N–H and O–H groups in total. The zero-order valence-corrected chi connectivity index (χ0v) is 18.3. The maximum atomic E-state index is 13.6. The molecule has 168 valence electrons. The van der Waals surface area contributed by atoms with Crippen LogP contribution >= 0.6 is 0 Å². The van der Waals surface area contributed by atoms with E-state index in [1.165, 1.54) is 49.5 Å². The Labute approximate surface area is 190 Å². The Morgan fingerprint density at radius 2 is 1.64 bits per heavy atom. The van der Waals surface area contributed by atoms with Crippen molar-refractivity contribution >= 4 is 23.1 Å². The summed E-state index contributed by atoms with van der Waals surface area (Å²) in [5, 5.41) is 11.2. The Balaban J connectivity index is 1.94. The second kappa shape index (κ2) is 8.78. The normalized spacial score (nSPS) is 17.3. The van der Waals surface area contributed by atoms with Crippen molar-refractivity contribution in [2.24, 2.45) is 0 Å². The van der Waals surface area contributed by atoms with Crippen molar-refractivity contribution in [1.82, 2.24) is 0 Å². The van der Waals surface area contributed by atoms with Gasteiger partial charge in [-0.05, 0) is 60.5 Å². The molecule has 0 spiro atoms. The number of hydrogen-bond acceptors (Lipinski definition) is 5. The largest absolute Gasteiger partial charge is 0.507 e. The molecule has 4 rings (SSSR count). The monoisotopic (exact) mass is 447 g/mol. The molecule has 1 aliphatic heterocycles. The molecular weight excluding hydrogens is 425 g/mol. The molecule has 1 unspecified atom stereocenters. The van der Waals surface area contributed by atoms with Crippen LogP contribution in [0, 0.1) is 12.7 Å². The summed E-state index contributed by atoms with van der Waals surface area (Å²) in [6, 6.07) is 16.4. The number of rotatable bonds is 5. The van der Waals surface area contributed by atoms with E-state index in [-0.39, 0.29) is 16.9 Å². The molecule has 1 heterocycles. The number of halogens is 1. The summed E-state index contributed by atoms with van der Waals surface area (Å²) in [5.41, 5.74) is 2.06. The van der Waals surface area contributed by atoms with Gasteiger partial charge in [0, 0.05) is 11.3 Å². The van der Waals surface area contributed by atoms with Crippen molar-refractivity contribution in [2.75, 3.05) is 19.1 Å². The number of methoxy groups -OCH3 is 2. The number of amides is 1. The zero-order valence-electron chi connectivity index (χ0n) is 18.3. The van der Waals surface area contributed by atoms with Crippen LogP contribution in [-0.4, -0.2) is 31.0 Å². The number of carbonyl (C=O) groups excluding carboxylic acids is 2. The van der Waals surface area contributed by atoms with E-state index in [1.807, 2.05) is 13.0 Å². The number of aliphatic hydroxyl groups excluding tert-OH is 1. The van der Waals surface area contributed by atoms with Gasteiger partial charge in [0.2, 0.25) is 0 Å². The van der Waals surface area contributed by atoms with E-state index >= 15 is 0 Å². The van der Waals surface area contributed by atoms with Crippen molar-refractivity contribution in [3.8, 4) is 11.5 Å². The van der Waals surface area contributed by atoms with Gasteiger partial charge in [0.15, 0.2) is 11.5 Å². The Morgan fingerprint density at radius 1 is 0.939 bits per heavy atom. The molecule has 33 heavy (non-hydrogen) atoms. The average Bonchev–Trinajstić information content (AvgIpc) is 3.09. The van der Waals surface area contributed by atoms with Gasteiger partial charge in [-0.2, -0.15) is 0 Å². The van der Waals surface area contributed by atoms with Crippen molar-refractivity contribution < 1.29 is 28.6 Å². The molecule has 1 fully saturated rings. The third-order valence-electron chi connectivity index (χ3n) is 5.57. The summed E-state index contributed by atoms with van der Waals surface area (Å²) in [6.45, 7) is 1.87. The second-order valence-corrected chi connectivity index (χ2v) is 7.63. The highest BCUT2D eigenvalue weighted by atomic mass is 19.1. The molecule has 1 atom stereocenters. The fraction of sp³-hybridized carbons (Fsp3) is 0.154. The van der Waals surface area contributed by atoms with Crippen LogP contribution in [0.5, 0.6) is 11.5 Å². The molecule has 3 aromatic carbocycles. The lowest BCUT2D eigenvalue weighted by Gasteiger charge is -2.25. The number of aryl methyl sites for hydroxylation is 1. The van der Waals surface area contributed by atoms with Gasteiger partial charge in [0.25, 0.3) is 11.7 Å². The van der Waals surface area contributed by atoms with Crippen LogP contribution in [0.1, 0.15) is 22.7 Å². The highest BCUT2D eigenvalue weighted by Gasteiger charge is 2.47. The first-order chi connectivity index (χ1) is 15.8. The third kappa shape index (κ3) is 3.93. The minimum absolute atomic E-state index is 0.0969. The van der Waals surface area contributed by atoms with Gasteiger partial charge in [-0.1, -0.05) is 24.3 Å². The molecular formula is C26H22FNO5. The van der Waals surface area contributed by atoms with Crippen LogP contribution in [0.15, 0.2) is 72.3 Å². The summed E-state index contributed by atoms with van der Waals surface area (Å²) in [7, 11) is 2.94. The highest BCUT2D eigenvalue weighted by Crippen LogP contribution is 2.43. The predicted molar refractivity (Wildman–Crippen MR) is 122 cm³/mol. The quantitative estimate of drug-likeness (QED) is 0.346. The van der Waals surface area contributed by atoms with Crippen LogP contribution < -0.4 is 14.4 Å². The Kier molecular flexibility index (Phi) is 5.87. The predicted octanol–water partition coefficient (Wildman–Crippen LogP) is 4.78. The number of anilines is 1. The molecule has 1 aliphatic rings. The summed E-state index contributed by atoms with van der Waals surface area (Å²) >= 11 is 0. The highest BCUT2D eigenvalue weighted by molar-refractivity contribution is 6.51. The second-order valence-electron chi connectivity index (χ2n) is 7.63. The number of aliphatic hydroxyl groups is 1. The Bertz CT molecular complexity index is 1270. The Hall–Kier alpha value is -4.13. The molecule has 0 aromatic heterocycles. The molecule has 0 aliphatic carbocycles. The minimum atomic E-state index is -0.944. The SMILES string of the molecule is COc1ccc(/C(O)=C2/C(=O)C(=O)N(c3cccc(C)c3)C2c2ccc(F)cc2)cc1OC. The van der Waals surface area contributed by atoms with E-state index in [1.54, 1.807) is 30.3 Å². The fourth-order valence-corrected chi connectivity index (χ4v) is 3.98. The lowest BCUT2D eigenvalue weighted by molar-refractivity contribution is -0.132. The first-order valence-electron chi connectivity index (χ1n) is 10.2. The van der Waals surface area contributed by atoms with Crippen LogP contribution in [0.25, 0.3) is 5.76 Å². The fourth-order valence-electron chi connectivity index (χ4n) is 3.98. The maximum absolute atomic E-state index is 13.6. The average molecular weight is 447 g/mol. The number of Topliss-reactive ketones (excluding diaryl/α,β-unsaturated/α-hetero) is 1. The number of hydrogen-bond donors (Lipinski definition) is 1. The van der Waals surface area contributed by atoms with Crippen molar-refractivity contribution in [1.29, 1.82) is 0 Å². The number of ketones is 1. The van der Waals surface area contributed by atoms with Crippen molar-refractivity contribution in [2.45, 2.75) is 13.0 Å². The summed E-state index contributed by atoms with van der Waals surface area (Å²) in [5.74, 6) is -1.63. The minimum Gasteiger partial charge on any atom is -0.507 e. The summed E-state index contributed by atoms with van der Waals surface area (Å²) in [6.07, 6.45) is 0. The van der Waals surface area contributed by atoms with Gasteiger partial charge in [0.05, 0.1) is 25.8 Å². The van der Waals surface area contributed by atoms with E-state index in [2.05, 4.69) is 0 Å². The molecule has 0 saturated carbocycles. The maximum Gasteiger partial charge on any atom is 0.300 e. The van der Waals surface area contributed by atoms with Crippen LogP contribution in [0.3, 0.4) is 0 Å². The topological polar surface area (TPSA) is 76.1 Å². The van der Waals surface area contributed by atoms with Gasteiger partial charge in [0.1, 0.15) is 11.6 Å². The smallest absolute Gasteiger partial charge is 0.300 e. The third-order valence-corrected chi connectivity index (χ3v) is 5.57. The molecule has 0 radical (unpaired) electrons. The van der Waals surface area contributed by atoms with Gasteiger partial charge in [-0.25, -0.2) is 4.39 Å². The van der Waals surface area contributed by atoms with Gasteiger partial charge >= 0.3 is 0 Å². The van der Waals surface area contributed by atoms with E-state index in [4.69, 9.17) is 9.47 Å². The van der Waals surface area contributed by atoms with E-state index < -0.39 is 23.5 Å². The first kappa shape index (κ1) is 22.1. The van der Waals surface area contributed by atoms with E-state index in [0.717, 1.165) is 5.56 Å². The molecule has 0 bridgehead atoms. The summed E-state index contributed by atoms with van der Waals surface area (Å²) in [4.78, 5) is 27.7. The van der Waals surface area contributed by atoms with Crippen LogP contribution in [-0.2, 0) is 9.59 Å². The van der Waals surface area contributed by atoms with Crippen molar-refractivity contribution in [3.63, 3.8) is 0 Å². The molecule has 7 heteroatoms. The number of ether oxygens (including phenoxy) is 2. The number of carbonyl (C=O) groups is 2. The lowest BCUT2D eigenvalue weighted by Crippen LogP contribution is -2.29.